The van der Waals surface area contributed by atoms with Gasteiger partial charge in [0.15, 0.2) is 5.65 Å². The van der Waals surface area contributed by atoms with Crippen molar-refractivity contribution in [3.63, 3.8) is 0 Å². The van der Waals surface area contributed by atoms with Crippen LogP contribution in [0.3, 0.4) is 0 Å². The van der Waals surface area contributed by atoms with Crippen LogP contribution in [0.4, 0.5) is 10.1 Å². The van der Waals surface area contributed by atoms with Gasteiger partial charge in [0.1, 0.15) is 17.2 Å². The number of sulfonamides is 1. The van der Waals surface area contributed by atoms with E-state index in [2.05, 4.69) is 15.3 Å². The molecule has 6 rings (SSSR count). The van der Waals surface area contributed by atoms with Crippen molar-refractivity contribution in [3.05, 3.63) is 95.7 Å². The average Bonchev–Trinajstić information content (AvgIpc) is 3.57. The summed E-state index contributed by atoms with van der Waals surface area (Å²) in [6.45, 7) is 0. The molecule has 0 spiro atoms. The van der Waals surface area contributed by atoms with Crippen molar-refractivity contribution in [1.29, 1.82) is 0 Å². The van der Waals surface area contributed by atoms with Gasteiger partial charge in [0, 0.05) is 53.5 Å². The van der Waals surface area contributed by atoms with Gasteiger partial charge in [0.2, 0.25) is 10.0 Å². The van der Waals surface area contributed by atoms with E-state index in [1.54, 1.807) is 42.9 Å². The highest BCUT2D eigenvalue weighted by atomic mass is 35.5. The third-order valence-corrected chi connectivity index (χ3v) is 8.46. The van der Waals surface area contributed by atoms with E-state index in [1.807, 2.05) is 16.5 Å². The number of benzene rings is 3. The Kier molecular flexibility index (Phi) is 6.71. The molecule has 0 fully saturated rings. The molecule has 0 saturated heterocycles. The fourth-order valence-corrected chi connectivity index (χ4v) is 5.43. The van der Waals surface area contributed by atoms with E-state index in [4.69, 9.17) is 16.0 Å². The highest BCUT2D eigenvalue weighted by Gasteiger charge is 2.26. The van der Waals surface area contributed by atoms with Gasteiger partial charge in [0.05, 0.1) is 41.3 Å². The molecule has 0 saturated carbocycles. The van der Waals surface area contributed by atoms with Crippen LogP contribution in [0.15, 0.2) is 83.7 Å². The zero-order valence-electron chi connectivity index (χ0n) is 22.6. The first-order valence-corrected chi connectivity index (χ1v) is 14.9. The number of fused-ring (bicyclic) bond motifs is 2. The smallest absolute Gasteiger partial charge is 0.255 e. The van der Waals surface area contributed by atoms with E-state index in [0.717, 1.165) is 21.8 Å². The number of nitrogens with one attached hydrogen (secondary N) is 1. The maximum Gasteiger partial charge on any atom is 0.255 e. The van der Waals surface area contributed by atoms with Crippen LogP contribution in [-0.2, 0) is 10.0 Å². The molecule has 3 heterocycles. The fourth-order valence-electron chi connectivity index (χ4n) is 4.79. The Balaban J connectivity index is 1.63. The molecular weight excluding hydrogens is 581 g/mol. The van der Waals surface area contributed by atoms with Gasteiger partial charge in [-0.25, -0.2) is 17.8 Å². The van der Waals surface area contributed by atoms with E-state index in [1.165, 1.54) is 38.4 Å². The summed E-state index contributed by atoms with van der Waals surface area (Å²) in [7, 11) is -0.788. The Morgan fingerprint density at radius 3 is 2.38 bits per heavy atom. The van der Waals surface area contributed by atoms with Crippen LogP contribution >= 0.6 is 11.6 Å². The van der Waals surface area contributed by atoms with E-state index < -0.39 is 21.7 Å². The quantitative estimate of drug-likeness (QED) is 0.249. The van der Waals surface area contributed by atoms with E-state index >= 15 is 0 Å². The summed E-state index contributed by atoms with van der Waals surface area (Å²) >= 11 is 6.08. The first-order chi connectivity index (χ1) is 20.0. The first-order valence-electron chi connectivity index (χ1n) is 12.7. The topological polar surface area (TPSA) is 110 Å². The van der Waals surface area contributed by atoms with Crippen molar-refractivity contribution in [3.8, 4) is 33.8 Å². The number of nitrogens with zero attached hydrogens (tertiary/aromatic N) is 4. The monoisotopic (exact) mass is 603 g/mol. The molecule has 9 nitrogen and oxygen atoms in total. The van der Waals surface area contributed by atoms with Crippen molar-refractivity contribution in [2.75, 3.05) is 24.7 Å². The van der Waals surface area contributed by atoms with Gasteiger partial charge in [-0.15, -0.1) is 0 Å². The summed E-state index contributed by atoms with van der Waals surface area (Å²) in [5.41, 5.74) is 4.35. The molecule has 0 unspecified atom stereocenters. The predicted molar refractivity (Wildman–Crippen MR) is 161 cm³/mol. The number of amides is 1. The Morgan fingerprint density at radius 1 is 1.02 bits per heavy atom. The number of carbonyl (C=O) groups is 1. The lowest BCUT2D eigenvalue weighted by Crippen LogP contribution is -2.25. The second-order valence-electron chi connectivity index (χ2n) is 9.64. The van der Waals surface area contributed by atoms with Crippen molar-refractivity contribution in [2.24, 2.45) is 0 Å². The summed E-state index contributed by atoms with van der Waals surface area (Å²) in [4.78, 5) is 22.2. The summed E-state index contributed by atoms with van der Waals surface area (Å²) in [6.07, 6.45) is 6.15. The molecule has 1 amide bonds. The van der Waals surface area contributed by atoms with Crippen LogP contribution in [0.25, 0.3) is 50.5 Å². The molecule has 1 N–H and O–H groups in total. The number of hydrogen-bond acceptors (Lipinski definition) is 6. The minimum absolute atomic E-state index is 0.220. The SMILES string of the molecule is CNC(=O)c1c(-c2ccc(F)cc2)oc2cc(N(C)S(C)(=O)=O)c(-c3cn4c(-c5ccc(Cl)cc5)cnc4cn3)cc12. The number of aromatic nitrogens is 3. The third kappa shape index (κ3) is 4.76. The van der Waals surface area contributed by atoms with Gasteiger partial charge in [-0.2, -0.15) is 0 Å². The number of hydrogen-bond donors (Lipinski definition) is 1. The third-order valence-electron chi connectivity index (χ3n) is 7.02. The largest absolute Gasteiger partial charge is 0.455 e. The molecule has 6 aromatic rings. The van der Waals surface area contributed by atoms with Gasteiger partial charge < -0.3 is 9.73 Å². The molecule has 0 aliphatic rings. The maximum absolute atomic E-state index is 13.7. The van der Waals surface area contributed by atoms with Crippen molar-refractivity contribution in [1.82, 2.24) is 19.7 Å². The number of rotatable bonds is 6. The van der Waals surface area contributed by atoms with Crippen LogP contribution in [0.2, 0.25) is 5.02 Å². The zero-order valence-corrected chi connectivity index (χ0v) is 24.2. The molecule has 0 radical (unpaired) electrons. The molecule has 42 heavy (non-hydrogen) atoms. The van der Waals surface area contributed by atoms with Crippen LogP contribution in [-0.4, -0.2) is 49.0 Å². The lowest BCUT2D eigenvalue weighted by molar-refractivity contribution is 0.0964. The normalized spacial score (nSPS) is 11.7. The fraction of sp³-hybridized carbons (Fsp3) is 0.100. The van der Waals surface area contributed by atoms with Gasteiger partial charge >= 0.3 is 0 Å². The number of anilines is 1. The van der Waals surface area contributed by atoms with Crippen molar-refractivity contribution >= 4 is 49.8 Å². The average molecular weight is 604 g/mol. The zero-order chi connectivity index (χ0) is 29.8. The van der Waals surface area contributed by atoms with Crippen LogP contribution in [0.1, 0.15) is 10.4 Å². The lowest BCUT2D eigenvalue weighted by Gasteiger charge is -2.20. The minimum Gasteiger partial charge on any atom is -0.455 e. The predicted octanol–water partition coefficient (Wildman–Crippen LogP) is 6.02. The van der Waals surface area contributed by atoms with Crippen LogP contribution in [0, 0.1) is 5.82 Å². The molecule has 0 atom stereocenters. The van der Waals surface area contributed by atoms with Gasteiger partial charge in [-0.3, -0.25) is 18.5 Å². The molecule has 3 aromatic carbocycles. The van der Waals surface area contributed by atoms with Crippen molar-refractivity contribution < 1.29 is 22.0 Å². The Bertz CT molecular complexity index is 2110. The van der Waals surface area contributed by atoms with E-state index in [9.17, 15) is 17.6 Å². The molecule has 0 bridgehead atoms. The summed E-state index contributed by atoms with van der Waals surface area (Å²) in [5.74, 6) is -0.640. The van der Waals surface area contributed by atoms with Gasteiger partial charge in [0.25, 0.3) is 5.91 Å². The summed E-state index contributed by atoms with van der Waals surface area (Å²) in [6, 6.07) is 16.1. The molecule has 0 aliphatic heterocycles. The second kappa shape index (κ2) is 10.3. The first kappa shape index (κ1) is 27.4. The van der Waals surface area contributed by atoms with E-state index in [0.29, 0.717) is 32.9 Å². The standard InChI is InChI=1S/C30H23ClFN5O4S/c1-33-30(38)28-22-12-21(23-16-37-25(14-35-27(37)15-34-23)17-4-8-19(31)9-5-17)24(36(2)42(3,39)40)13-26(22)41-29(28)18-6-10-20(32)11-7-18/h4-16H,1-3H3,(H,33,38). The Labute approximate surface area is 245 Å². The number of furan rings is 1. The van der Waals surface area contributed by atoms with E-state index in [-0.39, 0.29) is 22.6 Å². The molecule has 12 heteroatoms. The summed E-state index contributed by atoms with van der Waals surface area (Å²) in [5, 5.41) is 3.67. The van der Waals surface area contributed by atoms with Crippen LogP contribution in [0.5, 0.6) is 0 Å². The van der Waals surface area contributed by atoms with Gasteiger partial charge in [-0.05, 0) is 42.5 Å². The van der Waals surface area contributed by atoms with Crippen LogP contribution < -0.4 is 9.62 Å². The Morgan fingerprint density at radius 2 is 1.71 bits per heavy atom. The maximum atomic E-state index is 13.7. The highest BCUT2D eigenvalue weighted by molar-refractivity contribution is 7.92. The highest BCUT2D eigenvalue weighted by Crippen LogP contribution is 2.41. The number of imidazole rings is 1. The van der Waals surface area contributed by atoms with Crippen molar-refractivity contribution in [2.45, 2.75) is 0 Å². The molecule has 3 aromatic heterocycles. The molecular formula is C30H23ClFN5O4S. The molecule has 212 valence electrons. The number of carbonyl (C=O) groups excluding carboxylic acids is 1. The minimum atomic E-state index is -3.71. The lowest BCUT2D eigenvalue weighted by atomic mass is 10.0. The van der Waals surface area contributed by atoms with Gasteiger partial charge in [-0.1, -0.05) is 23.7 Å². The summed E-state index contributed by atoms with van der Waals surface area (Å²) < 4.78 is 48.2. The molecule has 0 aliphatic carbocycles. The Hall–Kier alpha value is -4.74. The second-order valence-corrected chi connectivity index (χ2v) is 12.1. The number of halogens is 2.